The van der Waals surface area contributed by atoms with E-state index in [1.807, 2.05) is 0 Å². The van der Waals surface area contributed by atoms with Crippen molar-refractivity contribution in [2.75, 3.05) is 25.1 Å². The van der Waals surface area contributed by atoms with Crippen LogP contribution in [0, 0.1) is 5.82 Å². The van der Waals surface area contributed by atoms with Crippen LogP contribution in [0.15, 0.2) is 23.2 Å². The highest BCUT2D eigenvalue weighted by Gasteiger charge is 2.19. The molecule has 17 heavy (non-hydrogen) atoms. The fraction of sp³-hybridized carbons (Fsp3) is 0.364. The molecule has 0 saturated heterocycles. The first-order chi connectivity index (χ1) is 8.06. The minimum atomic E-state index is -0.351. The number of aliphatic imine (C=N–C) groups is 1. The number of halogens is 2. The number of ether oxygens (including phenoxy) is 1. The summed E-state index contributed by atoms with van der Waals surface area (Å²) in [5.74, 6) is -0.351. The average Bonchev–Trinajstić information content (AvgIpc) is 2.63. The van der Waals surface area contributed by atoms with Crippen molar-refractivity contribution in [1.29, 1.82) is 0 Å². The molecule has 1 aliphatic heterocycles. The predicted octanol–water partition coefficient (Wildman–Crippen LogP) is 1.63. The third-order valence-corrected chi connectivity index (χ3v) is 2.77. The number of nitrogens with two attached hydrogens (primary N) is 1. The van der Waals surface area contributed by atoms with Crippen LogP contribution in [0.1, 0.15) is 0 Å². The van der Waals surface area contributed by atoms with Crippen LogP contribution in [-0.4, -0.2) is 32.3 Å². The maximum absolute atomic E-state index is 13.6. The highest BCUT2D eigenvalue weighted by molar-refractivity contribution is 6.30. The predicted molar refractivity (Wildman–Crippen MR) is 66.0 cm³/mol. The van der Waals surface area contributed by atoms with Crippen molar-refractivity contribution >= 4 is 23.3 Å². The van der Waals surface area contributed by atoms with Crippen molar-refractivity contribution < 1.29 is 9.13 Å². The maximum atomic E-state index is 13.6. The van der Waals surface area contributed by atoms with Crippen LogP contribution in [0.5, 0.6) is 0 Å². The van der Waals surface area contributed by atoms with E-state index in [0.29, 0.717) is 23.9 Å². The molecule has 1 aromatic rings. The Hall–Kier alpha value is -1.49. The van der Waals surface area contributed by atoms with E-state index in [0.717, 1.165) is 0 Å². The van der Waals surface area contributed by atoms with E-state index in [1.165, 1.54) is 6.07 Å². The number of anilines is 1. The molecule has 1 unspecified atom stereocenters. The van der Waals surface area contributed by atoms with E-state index < -0.39 is 0 Å². The number of likely N-dealkylation sites (N-methyl/N-ethyl adjacent to an activating group) is 1. The molecule has 0 bridgehead atoms. The zero-order valence-corrected chi connectivity index (χ0v) is 10.1. The summed E-state index contributed by atoms with van der Waals surface area (Å²) in [6.07, 6.45) is 0. The quantitative estimate of drug-likeness (QED) is 0.895. The number of rotatable bonds is 3. The van der Waals surface area contributed by atoms with Gasteiger partial charge in [-0.05, 0) is 18.2 Å². The first-order valence-electron chi connectivity index (χ1n) is 5.18. The van der Waals surface area contributed by atoms with Crippen molar-refractivity contribution in [1.82, 2.24) is 0 Å². The van der Waals surface area contributed by atoms with Crippen LogP contribution in [0.2, 0.25) is 5.02 Å². The van der Waals surface area contributed by atoms with E-state index >= 15 is 0 Å². The van der Waals surface area contributed by atoms with Crippen LogP contribution in [-0.2, 0) is 4.74 Å². The smallest absolute Gasteiger partial charge is 0.282 e. The monoisotopic (exact) mass is 257 g/mol. The van der Waals surface area contributed by atoms with Gasteiger partial charge in [0.2, 0.25) is 0 Å². The Morgan fingerprint density at radius 3 is 3.00 bits per heavy atom. The van der Waals surface area contributed by atoms with Gasteiger partial charge >= 0.3 is 0 Å². The normalized spacial score (nSPS) is 18.8. The lowest BCUT2D eigenvalue weighted by atomic mass is 10.2. The van der Waals surface area contributed by atoms with Gasteiger partial charge in [-0.2, -0.15) is 0 Å². The summed E-state index contributed by atoms with van der Waals surface area (Å²) in [5, 5.41) is 0.381. The fourth-order valence-corrected chi connectivity index (χ4v) is 1.89. The molecule has 2 N–H and O–H groups in total. The lowest BCUT2D eigenvalue weighted by Gasteiger charge is -2.21. The number of hydrogen-bond donors (Lipinski definition) is 1. The van der Waals surface area contributed by atoms with Gasteiger partial charge in [-0.1, -0.05) is 11.6 Å². The second-order valence-corrected chi connectivity index (χ2v) is 4.34. The Bertz CT molecular complexity index is 452. The van der Waals surface area contributed by atoms with Gasteiger partial charge in [-0.15, -0.1) is 0 Å². The van der Waals surface area contributed by atoms with Gasteiger partial charge in [0, 0.05) is 18.6 Å². The van der Waals surface area contributed by atoms with Gasteiger partial charge in [0.1, 0.15) is 18.5 Å². The maximum Gasteiger partial charge on any atom is 0.282 e. The first kappa shape index (κ1) is 12.0. The lowest BCUT2D eigenvalue weighted by Crippen LogP contribution is -2.29. The molecular weight excluding hydrogens is 245 g/mol. The van der Waals surface area contributed by atoms with Crippen LogP contribution < -0.4 is 10.6 Å². The van der Waals surface area contributed by atoms with Crippen molar-refractivity contribution in [2.24, 2.45) is 10.7 Å². The number of hydrogen-bond acceptors (Lipinski definition) is 4. The molecule has 6 heteroatoms. The molecule has 4 nitrogen and oxygen atoms in total. The second-order valence-electron chi connectivity index (χ2n) is 3.91. The van der Waals surface area contributed by atoms with Crippen molar-refractivity contribution in [3.8, 4) is 0 Å². The Labute approximate surface area is 104 Å². The second kappa shape index (κ2) is 4.79. The van der Waals surface area contributed by atoms with E-state index in [2.05, 4.69) is 4.99 Å². The molecule has 1 aliphatic rings. The van der Waals surface area contributed by atoms with Crippen LogP contribution >= 0.6 is 11.6 Å². The van der Waals surface area contributed by atoms with Crippen molar-refractivity contribution in [2.45, 2.75) is 6.04 Å². The third-order valence-electron chi connectivity index (χ3n) is 2.54. The zero-order chi connectivity index (χ0) is 12.4. The minimum absolute atomic E-state index is 0.0601. The highest BCUT2D eigenvalue weighted by atomic mass is 35.5. The molecule has 0 radical (unpaired) electrons. The van der Waals surface area contributed by atoms with Gasteiger partial charge in [-0.25, -0.2) is 9.38 Å². The largest absolute Gasteiger partial charge is 0.463 e. The highest BCUT2D eigenvalue weighted by Crippen LogP contribution is 2.22. The Kier molecular flexibility index (Phi) is 3.38. The van der Waals surface area contributed by atoms with Gasteiger partial charge in [0.15, 0.2) is 0 Å². The van der Waals surface area contributed by atoms with Gasteiger partial charge in [0.25, 0.3) is 6.02 Å². The van der Waals surface area contributed by atoms with Crippen LogP contribution in [0.3, 0.4) is 0 Å². The topological polar surface area (TPSA) is 50.9 Å². The summed E-state index contributed by atoms with van der Waals surface area (Å²) in [7, 11) is 1.79. The van der Waals surface area contributed by atoms with E-state index in [4.69, 9.17) is 22.1 Å². The molecule has 1 aromatic carbocycles. The summed E-state index contributed by atoms with van der Waals surface area (Å²) in [6, 6.07) is 4.71. The van der Waals surface area contributed by atoms with Gasteiger partial charge < -0.3 is 15.4 Å². The van der Waals surface area contributed by atoms with Gasteiger partial charge in [-0.3, -0.25) is 0 Å². The Morgan fingerprint density at radius 2 is 2.41 bits per heavy atom. The molecule has 0 aromatic heterocycles. The number of benzene rings is 1. The van der Waals surface area contributed by atoms with Crippen LogP contribution in [0.4, 0.5) is 10.1 Å². The van der Waals surface area contributed by atoms with Gasteiger partial charge in [0.05, 0.1) is 5.69 Å². The number of nitrogens with zero attached hydrogens (tertiary/aromatic N) is 2. The molecule has 0 amide bonds. The van der Waals surface area contributed by atoms with E-state index in [1.54, 1.807) is 24.1 Å². The van der Waals surface area contributed by atoms with Crippen LogP contribution in [0.25, 0.3) is 0 Å². The molecule has 0 fully saturated rings. The molecule has 2 rings (SSSR count). The van der Waals surface area contributed by atoms with Crippen molar-refractivity contribution in [3.05, 3.63) is 29.0 Å². The summed E-state index contributed by atoms with van der Waals surface area (Å²) in [6.45, 7) is 0.977. The molecule has 0 saturated carbocycles. The van der Waals surface area contributed by atoms with Crippen molar-refractivity contribution in [3.63, 3.8) is 0 Å². The third kappa shape index (κ3) is 2.79. The molecule has 1 atom stereocenters. The number of amidine groups is 1. The lowest BCUT2D eigenvalue weighted by molar-refractivity contribution is 0.314. The van der Waals surface area contributed by atoms with E-state index in [9.17, 15) is 4.39 Å². The molecule has 0 spiro atoms. The molecule has 92 valence electrons. The Morgan fingerprint density at radius 1 is 1.65 bits per heavy atom. The molecule has 1 heterocycles. The molecular formula is C11H13ClFN3O. The average molecular weight is 258 g/mol. The summed E-state index contributed by atoms with van der Waals surface area (Å²) < 4.78 is 18.7. The SMILES string of the molecule is CN(CC1COC(N)=N1)c1ccc(Cl)cc1F. The fourth-order valence-electron chi connectivity index (χ4n) is 1.73. The Balaban J connectivity index is 2.07. The molecule has 0 aliphatic carbocycles. The zero-order valence-electron chi connectivity index (χ0n) is 9.36. The summed E-state index contributed by atoms with van der Waals surface area (Å²) in [5.41, 5.74) is 5.89. The first-order valence-corrected chi connectivity index (χ1v) is 5.56. The standard InChI is InChI=1S/C11H13ClFN3O/c1-16(5-8-6-17-11(14)15-8)10-3-2-7(12)4-9(10)13/h2-4,8H,5-6H2,1H3,(H2,14,15). The summed E-state index contributed by atoms with van der Waals surface area (Å²) >= 11 is 5.69. The minimum Gasteiger partial charge on any atom is -0.463 e. The van der Waals surface area contributed by atoms with E-state index in [-0.39, 0.29) is 17.9 Å². The summed E-state index contributed by atoms with van der Waals surface area (Å²) in [4.78, 5) is 5.85.